The summed E-state index contributed by atoms with van der Waals surface area (Å²) in [4.78, 5) is 0. The van der Waals surface area contributed by atoms with Crippen LogP contribution < -0.4 is 10.1 Å². The van der Waals surface area contributed by atoms with Crippen molar-refractivity contribution in [3.63, 3.8) is 0 Å². The SMILES string of the molecule is CC(C)Oc1cccc(CNc2ccccc2Br)c1. The predicted molar refractivity (Wildman–Crippen MR) is 83.7 cm³/mol. The number of para-hydroxylation sites is 1. The van der Waals surface area contributed by atoms with Gasteiger partial charge in [-0.3, -0.25) is 0 Å². The van der Waals surface area contributed by atoms with E-state index >= 15 is 0 Å². The first kappa shape index (κ1) is 13.9. The van der Waals surface area contributed by atoms with Gasteiger partial charge in [-0.15, -0.1) is 0 Å². The van der Waals surface area contributed by atoms with Crippen LogP contribution in [0.3, 0.4) is 0 Å². The van der Waals surface area contributed by atoms with Crippen molar-refractivity contribution in [3.05, 3.63) is 58.6 Å². The number of halogens is 1. The smallest absolute Gasteiger partial charge is 0.120 e. The van der Waals surface area contributed by atoms with E-state index in [0.717, 1.165) is 22.5 Å². The molecule has 2 aromatic carbocycles. The standard InChI is InChI=1S/C16H18BrNO/c1-12(2)19-14-7-5-6-13(10-14)11-18-16-9-4-3-8-15(16)17/h3-10,12,18H,11H2,1-2H3. The fourth-order valence-electron chi connectivity index (χ4n) is 1.80. The molecule has 0 radical (unpaired) electrons. The van der Waals surface area contributed by atoms with E-state index in [2.05, 4.69) is 39.4 Å². The lowest BCUT2D eigenvalue weighted by Gasteiger charge is -2.12. The molecule has 0 aromatic heterocycles. The van der Waals surface area contributed by atoms with Crippen molar-refractivity contribution in [1.82, 2.24) is 0 Å². The van der Waals surface area contributed by atoms with Gasteiger partial charge >= 0.3 is 0 Å². The third-order valence-corrected chi connectivity index (χ3v) is 3.32. The van der Waals surface area contributed by atoms with Gasteiger partial charge in [-0.1, -0.05) is 24.3 Å². The lowest BCUT2D eigenvalue weighted by molar-refractivity contribution is 0.242. The van der Waals surface area contributed by atoms with E-state index in [-0.39, 0.29) is 6.10 Å². The molecule has 3 heteroatoms. The van der Waals surface area contributed by atoms with Crippen LogP contribution in [0.5, 0.6) is 5.75 Å². The average molecular weight is 320 g/mol. The summed E-state index contributed by atoms with van der Waals surface area (Å²) in [7, 11) is 0. The Balaban J connectivity index is 2.02. The van der Waals surface area contributed by atoms with Crippen LogP contribution in [0.4, 0.5) is 5.69 Å². The van der Waals surface area contributed by atoms with Gasteiger partial charge in [0.2, 0.25) is 0 Å². The molecule has 0 saturated heterocycles. The maximum absolute atomic E-state index is 5.69. The van der Waals surface area contributed by atoms with E-state index in [1.54, 1.807) is 0 Å². The second-order valence-corrected chi connectivity index (χ2v) is 5.50. The minimum absolute atomic E-state index is 0.200. The normalized spacial score (nSPS) is 10.5. The number of rotatable bonds is 5. The number of ether oxygens (including phenoxy) is 1. The molecule has 2 nitrogen and oxygen atoms in total. The van der Waals surface area contributed by atoms with Crippen molar-refractivity contribution < 1.29 is 4.74 Å². The highest BCUT2D eigenvalue weighted by Crippen LogP contribution is 2.22. The van der Waals surface area contributed by atoms with Gasteiger partial charge in [-0.25, -0.2) is 0 Å². The van der Waals surface area contributed by atoms with Gasteiger partial charge in [0.15, 0.2) is 0 Å². The van der Waals surface area contributed by atoms with Gasteiger partial charge in [-0.2, -0.15) is 0 Å². The van der Waals surface area contributed by atoms with Gasteiger partial charge in [0.25, 0.3) is 0 Å². The Morgan fingerprint density at radius 2 is 1.89 bits per heavy atom. The molecule has 2 aromatic rings. The molecule has 0 amide bonds. The monoisotopic (exact) mass is 319 g/mol. The van der Waals surface area contributed by atoms with Crippen LogP contribution in [0.15, 0.2) is 53.0 Å². The molecule has 0 aliphatic carbocycles. The molecule has 0 bridgehead atoms. The highest BCUT2D eigenvalue weighted by Gasteiger charge is 2.01. The quantitative estimate of drug-likeness (QED) is 0.850. The number of nitrogens with one attached hydrogen (secondary N) is 1. The lowest BCUT2D eigenvalue weighted by atomic mass is 10.2. The Kier molecular flexibility index (Phi) is 4.86. The zero-order valence-corrected chi connectivity index (χ0v) is 12.8. The van der Waals surface area contributed by atoms with Crippen molar-refractivity contribution in [3.8, 4) is 5.75 Å². The summed E-state index contributed by atoms with van der Waals surface area (Å²) in [6.45, 7) is 4.84. The van der Waals surface area contributed by atoms with Crippen molar-refractivity contribution in [2.45, 2.75) is 26.5 Å². The highest BCUT2D eigenvalue weighted by atomic mass is 79.9. The zero-order chi connectivity index (χ0) is 13.7. The summed E-state index contributed by atoms with van der Waals surface area (Å²) in [6, 6.07) is 16.3. The van der Waals surface area contributed by atoms with Crippen LogP contribution in [0.1, 0.15) is 19.4 Å². The summed E-state index contributed by atoms with van der Waals surface area (Å²) in [5.74, 6) is 0.918. The molecule has 0 aliphatic rings. The fourth-order valence-corrected chi connectivity index (χ4v) is 2.23. The molecule has 19 heavy (non-hydrogen) atoms. The Hall–Kier alpha value is -1.48. The molecular weight excluding hydrogens is 302 g/mol. The van der Waals surface area contributed by atoms with E-state index in [9.17, 15) is 0 Å². The Morgan fingerprint density at radius 3 is 2.63 bits per heavy atom. The second kappa shape index (κ2) is 6.62. The molecule has 100 valence electrons. The van der Waals surface area contributed by atoms with E-state index in [1.165, 1.54) is 5.56 Å². The molecule has 0 saturated carbocycles. The summed E-state index contributed by atoms with van der Waals surface area (Å²) < 4.78 is 6.77. The average Bonchev–Trinajstić information content (AvgIpc) is 2.37. The number of hydrogen-bond donors (Lipinski definition) is 1. The predicted octanol–water partition coefficient (Wildman–Crippen LogP) is 4.85. The van der Waals surface area contributed by atoms with Crippen LogP contribution in [0.25, 0.3) is 0 Å². The molecular formula is C16H18BrNO. The maximum Gasteiger partial charge on any atom is 0.120 e. The van der Waals surface area contributed by atoms with Gasteiger partial charge in [-0.05, 0) is 59.6 Å². The first-order valence-corrected chi connectivity index (χ1v) is 7.18. The molecule has 0 spiro atoms. The van der Waals surface area contributed by atoms with Crippen LogP contribution in [0, 0.1) is 0 Å². The van der Waals surface area contributed by atoms with Gasteiger partial charge in [0.1, 0.15) is 5.75 Å². The first-order chi connectivity index (χ1) is 9.15. The van der Waals surface area contributed by atoms with Crippen LogP contribution in [0.2, 0.25) is 0 Å². The zero-order valence-electron chi connectivity index (χ0n) is 11.2. The third kappa shape index (κ3) is 4.28. The molecule has 0 atom stereocenters. The van der Waals surface area contributed by atoms with E-state index in [1.807, 2.05) is 44.2 Å². The number of benzene rings is 2. The van der Waals surface area contributed by atoms with Gasteiger partial charge < -0.3 is 10.1 Å². The molecule has 0 heterocycles. The van der Waals surface area contributed by atoms with E-state index < -0.39 is 0 Å². The second-order valence-electron chi connectivity index (χ2n) is 4.65. The Bertz CT molecular complexity index is 540. The van der Waals surface area contributed by atoms with Gasteiger partial charge in [0.05, 0.1) is 6.10 Å². The van der Waals surface area contributed by atoms with Crippen LogP contribution >= 0.6 is 15.9 Å². The molecule has 1 N–H and O–H groups in total. The Labute approximate surface area is 122 Å². The minimum atomic E-state index is 0.200. The molecule has 0 unspecified atom stereocenters. The van der Waals surface area contributed by atoms with E-state index in [0.29, 0.717) is 0 Å². The number of anilines is 1. The summed E-state index contributed by atoms with van der Waals surface area (Å²) in [5, 5.41) is 3.41. The van der Waals surface area contributed by atoms with Crippen molar-refractivity contribution in [2.24, 2.45) is 0 Å². The molecule has 0 aliphatic heterocycles. The third-order valence-electron chi connectivity index (χ3n) is 2.63. The highest BCUT2D eigenvalue weighted by molar-refractivity contribution is 9.10. The van der Waals surface area contributed by atoms with Gasteiger partial charge in [0, 0.05) is 16.7 Å². The largest absolute Gasteiger partial charge is 0.491 e. The first-order valence-electron chi connectivity index (χ1n) is 6.39. The van der Waals surface area contributed by atoms with Crippen molar-refractivity contribution in [2.75, 3.05) is 5.32 Å². The minimum Gasteiger partial charge on any atom is -0.491 e. The Morgan fingerprint density at radius 1 is 1.11 bits per heavy atom. The topological polar surface area (TPSA) is 21.3 Å². The summed E-state index contributed by atoms with van der Waals surface area (Å²) >= 11 is 3.53. The number of hydrogen-bond acceptors (Lipinski definition) is 2. The molecule has 2 rings (SSSR count). The van der Waals surface area contributed by atoms with Crippen molar-refractivity contribution in [1.29, 1.82) is 0 Å². The lowest BCUT2D eigenvalue weighted by Crippen LogP contribution is -2.06. The van der Waals surface area contributed by atoms with E-state index in [4.69, 9.17) is 4.74 Å². The van der Waals surface area contributed by atoms with Crippen LogP contribution in [-0.2, 0) is 6.54 Å². The summed E-state index contributed by atoms with van der Waals surface area (Å²) in [6.07, 6.45) is 0.200. The summed E-state index contributed by atoms with van der Waals surface area (Å²) in [5.41, 5.74) is 2.30. The molecule has 0 fully saturated rings. The van der Waals surface area contributed by atoms with Crippen molar-refractivity contribution >= 4 is 21.6 Å². The van der Waals surface area contributed by atoms with Crippen LogP contribution in [-0.4, -0.2) is 6.10 Å². The fraction of sp³-hybridized carbons (Fsp3) is 0.250. The maximum atomic E-state index is 5.69.